The summed E-state index contributed by atoms with van der Waals surface area (Å²) in [6.45, 7) is 2.09. The van der Waals surface area contributed by atoms with E-state index in [-0.39, 0.29) is 5.69 Å². The summed E-state index contributed by atoms with van der Waals surface area (Å²) in [6, 6.07) is 7.62. The van der Waals surface area contributed by atoms with Gasteiger partial charge in [-0.25, -0.2) is 4.79 Å². The van der Waals surface area contributed by atoms with Crippen molar-refractivity contribution in [2.24, 2.45) is 0 Å². The summed E-state index contributed by atoms with van der Waals surface area (Å²) in [5.74, 6) is -0.431. The minimum atomic E-state index is -0.431. The van der Waals surface area contributed by atoms with Gasteiger partial charge >= 0.3 is 5.97 Å². The fraction of sp³-hybridized carbons (Fsp3) is 0.182. The van der Waals surface area contributed by atoms with Gasteiger partial charge in [-0.05, 0) is 36.2 Å². The van der Waals surface area contributed by atoms with Crippen LogP contribution in [-0.4, -0.2) is 22.2 Å². The summed E-state index contributed by atoms with van der Waals surface area (Å²) in [5.41, 5.74) is 1.19. The van der Waals surface area contributed by atoms with Crippen molar-refractivity contribution in [3.05, 3.63) is 34.4 Å². The third-order valence-electron chi connectivity index (χ3n) is 2.06. The van der Waals surface area contributed by atoms with E-state index in [0.29, 0.717) is 6.61 Å². The lowest BCUT2D eigenvalue weighted by molar-refractivity contribution is 0.0520. The number of aromatic nitrogens is 2. The maximum atomic E-state index is 11.6. The molecule has 0 saturated heterocycles. The van der Waals surface area contributed by atoms with Crippen LogP contribution >= 0.6 is 27.5 Å². The maximum absolute atomic E-state index is 11.6. The Morgan fingerprint density at radius 1 is 1.41 bits per heavy atom. The molecule has 4 nitrogen and oxygen atoms in total. The van der Waals surface area contributed by atoms with Crippen LogP contribution in [0.25, 0.3) is 10.4 Å². The molecular weight excluding hydrogens is 304 g/mol. The highest BCUT2D eigenvalue weighted by molar-refractivity contribution is 9.10. The van der Waals surface area contributed by atoms with Gasteiger partial charge in [-0.2, -0.15) is 0 Å². The molecule has 1 heterocycles. The van der Waals surface area contributed by atoms with E-state index in [4.69, 9.17) is 4.74 Å². The number of nitrogens with zero attached hydrogens (tertiary/aromatic N) is 2. The predicted molar refractivity (Wildman–Crippen MR) is 69.0 cm³/mol. The molecule has 2 aromatic rings. The molecule has 0 spiro atoms. The molecule has 0 fully saturated rings. The van der Waals surface area contributed by atoms with E-state index >= 15 is 0 Å². The zero-order chi connectivity index (χ0) is 12.3. The molecule has 1 aromatic carbocycles. The zero-order valence-corrected chi connectivity index (χ0v) is 11.4. The molecule has 1 aromatic heterocycles. The molecule has 88 valence electrons. The summed E-state index contributed by atoms with van der Waals surface area (Å²) >= 11 is 4.55. The summed E-state index contributed by atoms with van der Waals surface area (Å²) < 4.78 is 9.71. The molecule has 0 aliphatic carbocycles. The van der Waals surface area contributed by atoms with Crippen molar-refractivity contribution in [1.82, 2.24) is 9.59 Å². The summed E-state index contributed by atoms with van der Waals surface area (Å²) in [5, 5.41) is 3.82. The molecule has 0 aliphatic heterocycles. The number of halogens is 1. The van der Waals surface area contributed by atoms with Gasteiger partial charge in [0.05, 0.1) is 11.5 Å². The Balaban J connectivity index is 2.36. The third-order valence-corrected chi connectivity index (χ3v) is 3.37. The van der Waals surface area contributed by atoms with Crippen LogP contribution in [0.15, 0.2) is 28.7 Å². The Hall–Kier alpha value is -1.27. The van der Waals surface area contributed by atoms with Crippen LogP contribution in [0.5, 0.6) is 0 Å². The average Bonchev–Trinajstić information content (AvgIpc) is 2.79. The molecule has 0 amide bonds. The maximum Gasteiger partial charge on any atom is 0.360 e. The molecule has 0 N–H and O–H groups in total. The topological polar surface area (TPSA) is 52.1 Å². The van der Waals surface area contributed by atoms with Crippen LogP contribution in [0.2, 0.25) is 0 Å². The lowest BCUT2D eigenvalue weighted by Gasteiger charge is -2.01. The van der Waals surface area contributed by atoms with Crippen LogP contribution in [0.1, 0.15) is 17.4 Å². The van der Waals surface area contributed by atoms with Crippen molar-refractivity contribution in [1.29, 1.82) is 0 Å². The van der Waals surface area contributed by atoms with Crippen molar-refractivity contribution in [2.45, 2.75) is 6.92 Å². The minimum Gasteiger partial charge on any atom is -0.461 e. The van der Waals surface area contributed by atoms with Crippen molar-refractivity contribution >= 4 is 33.4 Å². The standard InChI is InChI=1S/C11H9BrN2O2S/c1-2-16-11(15)9-10(17-14-13-9)7-3-5-8(12)6-4-7/h3-6H,2H2,1H3. The van der Waals surface area contributed by atoms with E-state index in [0.717, 1.165) is 14.9 Å². The molecule has 2 rings (SSSR count). The molecule has 0 unspecified atom stereocenters. The van der Waals surface area contributed by atoms with Gasteiger partial charge < -0.3 is 4.74 Å². The Bertz CT molecular complexity index is 525. The van der Waals surface area contributed by atoms with Gasteiger partial charge in [0, 0.05) is 4.47 Å². The third kappa shape index (κ3) is 2.70. The number of carbonyl (C=O) groups is 1. The first-order valence-corrected chi connectivity index (χ1v) is 6.54. The molecule has 0 bridgehead atoms. The van der Waals surface area contributed by atoms with Crippen molar-refractivity contribution in [2.75, 3.05) is 6.61 Å². The Morgan fingerprint density at radius 3 is 2.76 bits per heavy atom. The van der Waals surface area contributed by atoms with Crippen molar-refractivity contribution in [3.8, 4) is 10.4 Å². The predicted octanol–water partition coefficient (Wildman–Crippen LogP) is 3.14. The lowest BCUT2D eigenvalue weighted by atomic mass is 10.1. The van der Waals surface area contributed by atoms with Crippen LogP contribution in [-0.2, 0) is 4.74 Å². The Labute approximate surface area is 111 Å². The quantitative estimate of drug-likeness (QED) is 0.817. The second kappa shape index (κ2) is 5.37. The van der Waals surface area contributed by atoms with Crippen molar-refractivity contribution < 1.29 is 9.53 Å². The fourth-order valence-corrected chi connectivity index (χ4v) is 2.23. The molecule has 0 atom stereocenters. The number of rotatable bonds is 3. The fourth-order valence-electron chi connectivity index (χ4n) is 1.31. The number of hydrogen-bond donors (Lipinski definition) is 0. The van der Waals surface area contributed by atoms with E-state index in [9.17, 15) is 4.79 Å². The average molecular weight is 313 g/mol. The molecule has 0 radical (unpaired) electrons. The first kappa shape index (κ1) is 12.2. The summed E-state index contributed by atoms with van der Waals surface area (Å²) in [7, 11) is 0. The number of ether oxygens (including phenoxy) is 1. The van der Waals surface area contributed by atoms with Gasteiger partial charge in [0.1, 0.15) is 0 Å². The summed E-state index contributed by atoms with van der Waals surface area (Å²) in [6.07, 6.45) is 0. The van der Waals surface area contributed by atoms with Crippen LogP contribution in [0, 0.1) is 0 Å². The van der Waals surface area contributed by atoms with Gasteiger partial charge in [-0.15, -0.1) is 5.10 Å². The minimum absolute atomic E-state index is 0.277. The second-order valence-electron chi connectivity index (χ2n) is 3.18. The molecular formula is C11H9BrN2O2S. The first-order valence-electron chi connectivity index (χ1n) is 4.97. The highest BCUT2D eigenvalue weighted by Gasteiger charge is 2.18. The SMILES string of the molecule is CCOC(=O)c1nnsc1-c1ccc(Br)cc1. The van der Waals surface area contributed by atoms with Gasteiger partial charge in [0.2, 0.25) is 0 Å². The molecule has 17 heavy (non-hydrogen) atoms. The second-order valence-corrected chi connectivity index (χ2v) is 4.85. The van der Waals surface area contributed by atoms with E-state index in [1.54, 1.807) is 6.92 Å². The number of benzene rings is 1. The Kier molecular flexibility index (Phi) is 3.86. The van der Waals surface area contributed by atoms with Gasteiger partial charge in [0.25, 0.3) is 0 Å². The van der Waals surface area contributed by atoms with Crippen LogP contribution in [0.4, 0.5) is 0 Å². The first-order chi connectivity index (χ1) is 8.22. The smallest absolute Gasteiger partial charge is 0.360 e. The van der Waals surface area contributed by atoms with E-state index < -0.39 is 5.97 Å². The largest absolute Gasteiger partial charge is 0.461 e. The highest BCUT2D eigenvalue weighted by Crippen LogP contribution is 2.27. The number of carbonyl (C=O) groups excluding carboxylic acids is 1. The van der Waals surface area contributed by atoms with Crippen LogP contribution in [0.3, 0.4) is 0 Å². The Morgan fingerprint density at radius 2 is 2.12 bits per heavy atom. The number of hydrogen-bond acceptors (Lipinski definition) is 5. The van der Waals surface area contributed by atoms with Crippen LogP contribution < -0.4 is 0 Å². The monoisotopic (exact) mass is 312 g/mol. The van der Waals surface area contributed by atoms with Gasteiger partial charge in [-0.3, -0.25) is 0 Å². The van der Waals surface area contributed by atoms with Crippen molar-refractivity contribution in [3.63, 3.8) is 0 Å². The number of esters is 1. The zero-order valence-electron chi connectivity index (χ0n) is 9.01. The van der Waals surface area contributed by atoms with E-state index in [2.05, 4.69) is 25.5 Å². The highest BCUT2D eigenvalue weighted by atomic mass is 79.9. The molecule has 0 saturated carbocycles. The lowest BCUT2D eigenvalue weighted by Crippen LogP contribution is -2.06. The van der Waals surface area contributed by atoms with Gasteiger partial charge in [-0.1, -0.05) is 32.6 Å². The van der Waals surface area contributed by atoms with E-state index in [1.165, 1.54) is 11.5 Å². The van der Waals surface area contributed by atoms with Gasteiger partial charge in [0.15, 0.2) is 5.69 Å². The molecule has 0 aliphatic rings. The van der Waals surface area contributed by atoms with E-state index in [1.807, 2.05) is 24.3 Å². The summed E-state index contributed by atoms with van der Waals surface area (Å²) in [4.78, 5) is 12.4. The molecule has 6 heteroatoms. The normalized spacial score (nSPS) is 10.2.